The number of amides is 2. The third-order valence-electron chi connectivity index (χ3n) is 4.47. The molecule has 0 saturated carbocycles. The number of piperidine rings is 1. The van der Waals surface area contributed by atoms with E-state index in [2.05, 4.69) is 10.7 Å². The Hall–Kier alpha value is -1.43. The summed E-state index contributed by atoms with van der Waals surface area (Å²) < 4.78 is 0. The molecule has 1 N–H and O–H groups in total. The number of carbonyl (C=O) groups is 2. The van der Waals surface area contributed by atoms with Crippen molar-refractivity contribution >= 4 is 23.2 Å². The fourth-order valence-corrected chi connectivity index (χ4v) is 3.96. The van der Waals surface area contributed by atoms with E-state index in [0.717, 1.165) is 43.1 Å². The molecule has 1 saturated heterocycles. The predicted octanol–water partition coefficient (Wildman–Crippen LogP) is 3.21. The van der Waals surface area contributed by atoms with Crippen molar-refractivity contribution in [2.75, 3.05) is 19.6 Å². The molecule has 1 aromatic heterocycles. The summed E-state index contributed by atoms with van der Waals surface area (Å²) in [6.45, 7) is 12.0. The van der Waals surface area contributed by atoms with E-state index >= 15 is 0 Å². The van der Waals surface area contributed by atoms with Crippen molar-refractivity contribution < 1.29 is 9.59 Å². The maximum absolute atomic E-state index is 12.5. The maximum atomic E-state index is 12.5. The minimum absolute atomic E-state index is 0.0135. The van der Waals surface area contributed by atoms with E-state index in [1.54, 1.807) is 11.3 Å². The van der Waals surface area contributed by atoms with Gasteiger partial charge < -0.3 is 10.2 Å². The van der Waals surface area contributed by atoms with E-state index in [1.165, 1.54) is 0 Å². The Morgan fingerprint density at radius 1 is 1.40 bits per heavy atom. The highest BCUT2D eigenvalue weighted by atomic mass is 32.1. The molecule has 2 rings (SSSR count). The second-order valence-electron chi connectivity index (χ2n) is 8.21. The third-order valence-corrected chi connectivity index (χ3v) is 5.53. The summed E-state index contributed by atoms with van der Waals surface area (Å²) in [5, 5.41) is 6.14. The summed E-state index contributed by atoms with van der Waals surface area (Å²) in [7, 11) is 0. The summed E-state index contributed by atoms with van der Waals surface area (Å²) in [5.41, 5.74) is 0.702. The minimum atomic E-state index is -0.329. The topological polar surface area (TPSA) is 62.3 Å². The van der Waals surface area contributed by atoms with Crippen LogP contribution >= 0.6 is 11.3 Å². The van der Waals surface area contributed by atoms with E-state index < -0.39 is 0 Å². The zero-order valence-corrected chi connectivity index (χ0v) is 16.9. The zero-order chi connectivity index (χ0) is 18.6. The Morgan fingerprint density at radius 3 is 2.76 bits per heavy atom. The van der Waals surface area contributed by atoms with E-state index in [4.69, 9.17) is 4.98 Å². The van der Waals surface area contributed by atoms with Gasteiger partial charge >= 0.3 is 0 Å². The molecule has 0 aromatic carbocycles. The molecule has 5 nitrogen and oxygen atoms in total. The van der Waals surface area contributed by atoms with Crippen LogP contribution < -0.4 is 5.32 Å². The lowest BCUT2D eigenvalue weighted by atomic mass is 9.91. The van der Waals surface area contributed by atoms with Crippen LogP contribution in [0.1, 0.15) is 64.1 Å². The van der Waals surface area contributed by atoms with Gasteiger partial charge in [-0.3, -0.25) is 9.59 Å². The number of nitrogens with one attached hydrogen (secondary N) is 1. The first-order chi connectivity index (χ1) is 11.7. The van der Waals surface area contributed by atoms with Gasteiger partial charge in [-0.05, 0) is 12.8 Å². The number of rotatable bonds is 5. The van der Waals surface area contributed by atoms with Gasteiger partial charge in [-0.25, -0.2) is 4.98 Å². The first-order valence-electron chi connectivity index (χ1n) is 9.20. The van der Waals surface area contributed by atoms with E-state index in [0.29, 0.717) is 12.5 Å². The van der Waals surface area contributed by atoms with Crippen molar-refractivity contribution in [2.24, 2.45) is 11.3 Å². The van der Waals surface area contributed by atoms with Crippen molar-refractivity contribution in [1.29, 1.82) is 0 Å². The smallest absolute Gasteiger partial charge is 0.227 e. The van der Waals surface area contributed by atoms with Crippen LogP contribution in [0.2, 0.25) is 0 Å². The van der Waals surface area contributed by atoms with E-state index in [9.17, 15) is 9.59 Å². The van der Waals surface area contributed by atoms with Crippen LogP contribution in [0, 0.1) is 11.3 Å². The summed E-state index contributed by atoms with van der Waals surface area (Å²) in [4.78, 5) is 30.9. The molecule has 1 aliphatic rings. The summed E-state index contributed by atoms with van der Waals surface area (Å²) in [6.07, 6.45) is 2.88. The van der Waals surface area contributed by atoms with E-state index in [1.807, 2.05) is 39.5 Å². The monoisotopic (exact) mass is 365 g/mol. The quantitative estimate of drug-likeness (QED) is 0.871. The largest absolute Gasteiger partial charge is 0.355 e. The molecule has 6 heteroatoms. The fourth-order valence-electron chi connectivity index (χ4n) is 2.98. The summed E-state index contributed by atoms with van der Waals surface area (Å²) in [6, 6.07) is 0. The Labute approximate surface area is 155 Å². The third kappa shape index (κ3) is 5.53. The highest BCUT2D eigenvalue weighted by Gasteiger charge is 2.32. The normalized spacial score (nSPS) is 18.5. The van der Waals surface area contributed by atoms with E-state index in [-0.39, 0.29) is 23.1 Å². The van der Waals surface area contributed by atoms with Crippen LogP contribution in [0.25, 0.3) is 0 Å². The number of nitrogens with zero attached hydrogens (tertiary/aromatic N) is 2. The van der Waals surface area contributed by atoms with Crippen LogP contribution in [0.4, 0.5) is 0 Å². The Morgan fingerprint density at radius 2 is 2.12 bits per heavy atom. The molecule has 0 radical (unpaired) electrons. The van der Waals surface area contributed by atoms with Gasteiger partial charge in [-0.2, -0.15) is 0 Å². The van der Waals surface area contributed by atoms with Gasteiger partial charge in [0.2, 0.25) is 11.8 Å². The fraction of sp³-hybridized carbons (Fsp3) is 0.737. The highest BCUT2D eigenvalue weighted by molar-refractivity contribution is 7.09. The molecule has 2 amide bonds. The van der Waals surface area contributed by atoms with Gasteiger partial charge in [0.25, 0.3) is 0 Å². The molecule has 0 spiro atoms. The van der Waals surface area contributed by atoms with Crippen molar-refractivity contribution in [1.82, 2.24) is 15.2 Å². The van der Waals surface area contributed by atoms with Crippen LogP contribution in [0.15, 0.2) is 5.38 Å². The second-order valence-corrected chi connectivity index (χ2v) is 9.10. The molecule has 0 bridgehead atoms. The van der Waals surface area contributed by atoms with Crippen molar-refractivity contribution in [3.63, 3.8) is 0 Å². The molecule has 25 heavy (non-hydrogen) atoms. The van der Waals surface area contributed by atoms with Crippen molar-refractivity contribution in [3.8, 4) is 0 Å². The number of aromatic nitrogens is 1. The summed E-state index contributed by atoms with van der Waals surface area (Å²) in [5.74, 6) is 0.660. The molecule has 140 valence electrons. The zero-order valence-electron chi connectivity index (χ0n) is 16.1. The van der Waals surface area contributed by atoms with Crippen LogP contribution in [-0.4, -0.2) is 41.3 Å². The Balaban J connectivity index is 1.90. The lowest BCUT2D eigenvalue weighted by molar-refractivity contribution is -0.140. The molecule has 1 aliphatic heterocycles. The second kappa shape index (κ2) is 8.30. The molecule has 2 heterocycles. The molecular weight excluding hydrogens is 334 g/mol. The number of thiazole rings is 1. The number of carbonyl (C=O) groups excluding carboxylic acids is 2. The Kier molecular flexibility index (Phi) is 6.60. The molecule has 1 unspecified atom stereocenters. The Bertz CT molecular complexity index is 604. The van der Waals surface area contributed by atoms with Gasteiger partial charge in [-0.15, -0.1) is 11.3 Å². The predicted molar refractivity (Wildman–Crippen MR) is 102 cm³/mol. The van der Waals surface area contributed by atoms with Gasteiger partial charge in [0.1, 0.15) is 0 Å². The van der Waals surface area contributed by atoms with Crippen LogP contribution in [0.3, 0.4) is 0 Å². The molecule has 1 aromatic rings. The average molecular weight is 366 g/mol. The minimum Gasteiger partial charge on any atom is -0.355 e. The first-order valence-corrected chi connectivity index (χ1v) is 10.1. The average Bonchev–Trinajstić information content (AvgIpc) is 3.02. The van der Waals surface area contributed by atoms with Crippen LogP contribution in [-0.2, 0) is 16.0 Å². The van der Waals surface area contributed by atoms with Gasteiger partial charge in [0.15, 0.2) is 0 Å². The van der Waals surface area contributed by atoms with Crippen molar-refractivity contribution in [2.45, 2.75) is 59.8 Å². The SMILES string of the molecule is CC(C)C(=O)NCCc1csc(C2CCCN(C(=O)C(C)(C)C)C2)n1. The summed E-state index contributed by atoms with van der Waals surface area (Å²) >= 11 is 1.68. The maximum Gasteiger partial charge on any atom is 0.227 e. The van der Waals surface area contributed by atoms with Crippen molar-refractivity contribution in [3.05, 3.63) is 16.1 Å². The van der Waals surface area contributed by atoms with Crippen LogP contribution in [0.5, 0.6) is 0 Å². The number of hydrogen-bond acceptors (Lipinski definition) is 4. The molecule has 0 aliphatic carbocycles. The number of likely N-dealkylation sites (tertiary alicyclic amines) is 1. The van der Waals surface area contributed by atoms with Gasteiger partial charge in [-0.1, -0.05) is 34.6 Å². The van der Waals surface area contributed by atoms with Gasteiger partial charge in [0, 0.05) is 48.7 Å². The molecular formula is C19H31N3O2S. The molecule has 1 fully saturated rings. The first kappa shape index (κ1) is 19.9. The standard InChI is InChI=1S/C19H31N3O2S/c1-13(2)16(23)20-9-8-15-12-25-17(21-15)14-7-6-10-22(11-14)18(24)19(3,4)5/h12-14H,6-11H2,1-5H3,(H,20,23). The highest BCUT2D eigenvalue weighted by Crippen LogP contribution is 2.31. The van der Waals surface area contributed by atoms with Gasteiger partial charge in [0.05, 0.1) is 10.7 Å². The molecule has 1 atom stereocenters. The lowest BCUT2D eigenvalue weighted by Gasteiger charge is -2.35. The number of hydrogen-bond donors (Lipinski definition) is 1. The lowest BCUT2D eigenvalue weighted by Crippen LogP contribution is -2.44.